The van der Waals surface area contributed by atoms with Gasteiger partial charge in [-0.05, 0) is 62.6 Å². The van der Waals surface area contributed by atoms with Crippen LogP contribution >= 0.6 is 0 Å². The first-order chi connectivity index (χ1) is 12.5. The lowest BCUT2D eigenvalue weighted by Crippen LogP contribution is -2.32. The Labute approximate surface area is 155 Å². The topological polar surface area (TPSA) is 8.81 Å². The maximum absolute atomic E-state index is 2.35. The van der Waals surface area contributed by atoms with Crippen molar-refractivity contribution in [2.24, 2.45) is 7.05 Å². The fourth-order valence-electron chi connectivity index (χ4n) is 4.18. The summed E-state index contributed by atoms with van der Waals surface area (Å²) < 4.78 is 4.65. The second-order valence-electron chi connectivity index (χ2n) is 7.30. The summed E-state index contributed by atoms with van der Waals surface area (Å²) in [6, 6.07) is 19.7. The molecule has 4 rings (SSSR count). The van der Waals surface area contributed by atoms with E-state index >= 15 is 0 Å². The molecule has 0 atom stereocenters. The third-order valence-corrected chi connectivity index (χ3v) is 5.29. The van der Waals surface area contributed by atoms with Crippen molar-refractivity contribution in [3.63, 3.8) is 0 Å². The van der Waals surface area contributed by atoms with Crippen LogP contribution in [0.1, 0.15) is 22.3 Å². The van der Waals surface area contributed by atoms with E-state index in [4.69, 9.17) is 0 Å². The highest BCUT2D eigenvalue weighted by atomic mass is 15.0. The molecule has 2 aromatic carbocycles. The Morgan fingerprint density at radius 1 is 0.769 bits per heavy atom. The summed E-state index contributed by atoms with van der Waals surface area (Å²) in [5.41, 5.74) is 10.2. The van der Waals surface area contributed by atoms with Crippen molar-refractivity contribution in [1.29, 1.82) is 0 Å². The van der Waals surface area contributed by atoms with E-state index in [9.17, 15) is 0 Å². The minimum atomic E-state index is 1.23. The first-order valence-corrected chi connectivity index (χ1v) is 9.11. The van der Waals surface area contributed by atoms with Gasteiger partial charge in [-0.1, -0.05) is 29.8 Å². The number of para-hydroxylation sites is 1. The molecule has 2 heterocycles. The van der Waals surface area contributed by atoms with Gasteiger partial charge in [0.25, 0.3) is 0 Å². The molecular formula is C24H25N2+. The second kappa shape index (κ2) is 6.14. The van der Waals surface area contributed by atoms with E-state index in [-0.39, 0.29) is 0 Å². The zero-order valence-electron chi connectivity index (χ0n) is 16.2. The van der Waals surface area contributed by atoms with Gasteiger partial charge >= 0.3 is 0 Å². The van der Waals surface area contributed by atoms with Gasteiger partial charge in [0.05, 0.1) is 5.69 Å². The van der Waals surface area contributed by atoms with Gasteiger partial charge in [-0.15, -0.1) is 0 Å². The van der Waals surface area contributed by atoms with E-state index < -0.39 is 0 Å². The minimum Gasteiger partial charge on any atom is -0.311 e. The number of fused-ring (bicyclic) bond motifs is 1. The highest BCUT2D eigenvalue weighted by Gasteiger charge is 2.21. The van der Waals surface area contributed by atoms with Crippen molar-refractivity contribution < 1.29 is 4.57 Å². The molecule has 0 spiro atoms. The summed E-state index contributed by atoms with van der Waals surface area (Å²) >= 11 is 0. The van der Waals surface area contributed by atoms with Gasteiger partial charge in [-0.2, -0.15) is 4.57 Å². The molecule has 0 saturated heterocycles. The van der Waals surface area contributed by atoms with Crippen LogP contribution in [-0.2, 0) is 7.05 Å². The molecule has 0 aliphatic carbocycles. The minimum absolute atomic E-state index is 1.23. The standard InChI is InChI=1S/C24H25N2/c1-16-14-18(3)23(19(4)15-16)26-13-12-17(2)24(26)22-11-10-20-8-6-7-9-21(20)25(22)5/h6-15H,1-5H3/q+1. The van der Waals surface area contributed by atoms with Gasteiger partial charge in [-0.25, -0.2) is 0 Å². The Hall–Kier alpha value is -2.87. The summed E-state index contributed by atoms with van der Waals surface area (Å²) in [5.74, 6) is 0. The van der Waals surface area contributed by atoms with Crippen LogP contribution in [0.2, 0.25) is 0 Å². The molecule has 0 saturated carbocycles. The number of benzene rings is 2. The van der Waals surface area contributed by atoms with Crippen molar-refractivity contribution in [3.05, 3.63) is 83.0 Å². The maximum Gasteiger partial charge on any atom is 0.230 e. The van der Waals surface area contributed by atoms with Crippen molar-refractivity contribution in [2.45, 2.75) is 27.7 Å². The number of aromatic nitrogens is 2. The molecule has 2 aromatic heterocycles. The first kappa shape index (κ1) is 16.6. The molecule has 0 unspecified atom stereocenters. The van der Waals surface area contributed by atoms with Crippen LogP contribution in [-0.4, -0.2) is 4.57 Å². The van der Waals surface area contributed by atoms with E-state index in [1.54, 1.807) is 0 Å². The number of nitrogens with zero attached hydrogens (tertiary/aromatic N) is 2. The van der Waals surface area contributed by atoms with E-state index in [0.29, 0.717) is 0 Å². The Kier molecular flexibility index (Phi) is 3.91. The molecule has 0 aliphatic rings. The maximum atomic E-state index is 2.35. The summed E-state index contributed by atoms with van der Waals surface area (Å²) in [6.45, 7) is 8.76. The van der Waals surface area contributed by atoms with Crippen molar-refractivity contribution in [3.8, 4) is 17.1 Å². The highest BCUT2D eigenvalue weighted by Crippen LogP contribution is 2.30. The quantitative estimate of drug-likeness (QED) is 0.434. The summed E-state index contributed by atoms with van der Waals surface area (Å²) in [7, 11) is 2.16. The number of hydrogen-bond acceptors (Lipinski definition) is 0. The Bertz CT molecular complexity index is 1110. The Morgan fingerprint density at radius 2 is 1.46 bits per heavy atom. The molecule has 0 N–H and O–H groups in total. The molecule has 0 aliphatic heterocycles. The highest BCUT2D eigenvalue weighted by molar-refractivity contribution is 5.77. The average Bonchev–Trinajstić information content (AvgIpc) is 2.96. The van der Waals surface area contributed by atoms with E-state index in [0.717, 1.165) is 0 Å². The molecule has 0 radical (unpaired) electrons. The van der Waals surface area contributed by atoms with Crippen LogP contribution in [0.25, 0.3) is 28.0 Å². The molecule has 130 valence electrons. The van der Waals surface area contributed by atoms with Crippen LogP contribution < -0.4 is 4.57 Å². The van der Waals surface area contributed by atoms with Gasteiger partial charge in [0.15, 0.2) is 0 Å². The van der Waals surface area contributed by atoms with Crippen LogP contribution in [0, 0.1) is 27.7 Å². The van der Waals surface area contributed by atoms with Gasteiger partial charge in [0.1, 0.15) is 12.7 Å². The SMILES string of the molecule is Cc1cc(C)c(-n2ccc(C)c2-c2ccc3ccccc3[n+]2C)c(C)c1. The van der Waals surface area contributed by atoms with Crippen LogP contribution in [0.3, 0.4) is 0 Å². The van der Waals surface area contributed by atoms with E-state index in [1.807, 2.05) is 0 Å². The Balaban J connectivity index is 2.02. The molecule has 0 amide bonds. The van der Waals surface area contributed by atoms with Gasteiger partial charge in [0, 0.05) is 23.7 Å². The van der Waals surface area contributed by atoms with Crippen LogP contribution in [0.4, 0.5) is 0 Å². The zero-order chi connectivity index (χ0) is 18.4. The normalized spacial score (nSPS) is 11.3. The third-order valence-electron chi connectivity index (χ3n) is 5.29. The zero-order valence-corrected chi connectivity index (χ0v) is 16.2. The predicted molar refractivity (Wildman–Crippen MR) is 109 cm³/mol. The second-order valence-corrected chi connectivity index (χ2v) is 7.30. The van der Waals surface area contributed by atoms with Crippen molar-refractivity contribution >= 4 is 10.9 Å². The fourth-order valence-corrected chi connectivity index (χ4v) is 4.18. The molecule has 2 heteroatoms. The van der Waals surface area contributed by atoms with Crippen LogP contribution in [0.5, 0.6) is 0 Å². The summed E-state index contributed by atoms with van der Waals surface area (Å²) in [4.78, 5) is 0. The number of aryl methyl sites for hydroxylation is 5. The van der Waals surface area contributed by atoms with Gasteiger partial charge in [-0.3, -0.25) is 0 Å². The molecule has 26 heavy (non-hydrogen) atoms. The molecule has 4 aromatic rings. The Morgan fingerprint density at radius 3 is 2.19 bits per heavy atom. The van der Waals surface area contributed by atoms with Crippen LogP contribution in [0.15, 0.2) is 60.8 Å². The predicted octanol–water partition coefficient (Wildman–Crippen LogP) is 5.36. The van der Waals surface area contributed by atoms with E-state index in [2.05, 4.69) is 105 Å². The molecule has 2 nitrogen and oxygen atoms in total. The summed E-state index contributed by atoms with van der Waals surface area (Å²) in [5, 5.41) is 1.26. The largest absolute Gasteiger partial charge is 0.311 e. The van der Waals surface area contributed by atoms with Crippen molar-refractivity contribution in [1.82, 2.24) is 4.57 Å². The third kappa shape index (κ3) is 2.53. The molecule has 0 bridgehead atoms. The monoisotopic (exact) mass is 341 g/mol. The average molecular weight is 341 g/mol. The number of hydrogen-bond donors (Lipinski definition) is 0. The number of pyridine rings is 1. The lowest BCUT2D eigenvalue weighted by molar-refractivity contribution is -0.633. The fraction of sp³-hybridized carbons (Fsp3) is 0.208. The smallest absolute Gasteiger partial charge is 0.230 e. The lowest BCUT2D eigenvalue weighted by Gasteiger charge is -2.16. The number of rotatable bonds is 2. The molecular weight excluding hydrogens is 316 g/mol. The molecule has 0 fully saturated rings. The summed E-state index contributed by atoms with van der Waals surface area (Å²) in [6.07, 6.45) is 2.20. The van der Waals surface area contributed by atoms with Gasteiger partial charge in [0.2, 0.25) is 11.2 Å². The van der Waals surface area contributed by atoms with Crippen molar-refractivity contribution in [2.75, 3.05) is 0 Å². The lowest BCUT2D eigenvalue weighted by atomic mass is 10.0. The van der Waals surface area contributed by atoms with E-state index in [1.165, 1.54) is 50.2 Å². The first-order valence-electron chi connectivity index (χ1n) is 9.11. The van der Waals surface area contributed by atoms with Gasteiger partial charge < -0.3 is 4.57 Å².